The highest BCUT2D eigenvalue weighted by Gasteiger charge is 2.35. The number of nitrogens with one attached hydrogen (secondary N) is 2. The van der Waals surface area contributed by atoms with Crippen LogP contribution in [0.5, 0.6) is 0 Å². The van der Waals surface area contributed by atoms with Crippen LogP contribution in [0.3, 0.4) is 0 Å². The summed E-state index contributed by atoms with van der Waals surface area (Å²) < 4.78 is 28.5. The van der Waals surface area contributed by atoms with Gasteiger partial charge in [0.15, 0.2) is 0 Å². The Kier molecular flexibility index (Phi) is 3.16. The second-order valence-corrected chi connectivity index (χ2v) is 5.73. The Morgan fingerprint density at radius 3 is 2.73 bits per heavy atom. The Morgan fingerprint density at radius 1 is 1.27 bits per heavy atom. The Balaban J connectivity index is 2.12. The molecule has 5 nitrogen and oxygen atoms in total. The van der Waals surface area contributed by atoms with Gasteiger partial charge in [0.2, 0.25) is 0 Å². The van der Waals surface area contributed by atoms with Crippen molar-refractivity contribution >= 4 is 5.82 Å². The first-order valence-corrected chi connectivity index (χ1v) is 6.88. The van der Waals surface area contributed by atoms with E-state index in [0.29, 0.717) is 18.4 Å². The third-order valence-corrected chi connectivity index (χ3v) is 4.20. The van der Waals surface area contributed by atoms with Gasteiger partial charge in [0.05, 0.1) is 11.1 Å². The maximum atomic E-state index is 14.1. The smallest absolute Gasteiger partial charge is 0.329 e. The van der Waals surface area contributed by atoms with Gasteiger partial charge in [-0.2, -0.15) is 0 Å². The predicted octanol–water partition coefficient (Wildman–Crippen LogP) is 1.63. The number of halogens is 2. The van der Waals surface area contributed by atoms with Crippen LogP contribution >= 0.6 is 0 Å². The molecule has 0 bridgehead atoms. The van der Waals surface area contributed by atoms with Crippen molar-refractivity contribution in [3.8, 4) is 0 Å². The summed E-state index contributed by atoms with van der Waals surface area (Å²) in [5.74, 6) is -0.806. The van der Waals surface area contributed by atoms with Crippen molar-refractivity contribution in [1.82, 2.24) is 9.55 Å². The van der Waals surface area contributed by atoms with Crippen LogP contribution in [0.2, 0.25) is 0 Å². The normalized spacial score (nSPS) is 20.4. The minimum Gasteiger partial charge on any atom is -0.362 e. The number of hydrogen-bond acceptors (Lipinski definition) is 3. The molecule has 1 aromatic heterocycles. The molecular weight excluding hydrogens is 292 g/mol. The van der Waals surface area contributed by atoms with Crippen molar-refractivity contribution in [2.24, 2.45) is 7.05 Å². The molecule has 0 unspecified atom stereocenters. The summed E-state index contributed by atoms with van der Waals surface area (Å²) >= 11 is 0. The van der Waals surface area contributed by atoms with Gasteiger partial charge >= 0.3 is 5.69 Å². The first-order valence-electron chi connectivity index (χ1n) is 6.88. The summed E-state index contributed by atoms with van der Waals surface area (Å²) in [5, 5.41) is 2.99. The van der Waals surface area contributed by atoms with Crippen molar-refractivity contribution in [3.05, 3.63) is 61.8 Å². The average molecular weight is 307 g/mol. The lowest BCUT2D eigenvalue weighted by Gasteiger charge is -2.37. The summed E-state index contributed by atoms with van der Waals surface area (Å²) in [5.41, 5.74) is -1.24. The van der Waals surface area contributed by atoms with E-state index in [1.807, 2.05) is 0 Å². The lowest BCUT2D eigenvalue weighted by molar-refractivity contribution is 0.439. The molecule has 2 heterocycles. The molecule has 0 saturated heterocycles. The van der Waals surface area contributed by atoms with Crippen LogP contribution in [0.15, 0.2) is 27.8 Å². The molecule has 1 aliphatic heterocycles. The van der Waals surface area contributed by atoms with Crippen molar-refractivity contribution in [3.63, 3.8) is 0 Å². The molecule has 22 heavy (non-hydrogen) atoms. The van der Waals surface area contributed by atoms with Gasteiger partial charge in [0.25, 0.3) is 5.56 Å². The van der Waals surface area contributed by atoms with Gasteiger partial charge in [0.1, 0.15) is 17.5 Å². The van der Waals surface area contributed by atoms with Crippen LogP contribution in [-0.2, 0) is 19.0 Å². The van der Waals surface area contributed by atoms with E-state index in [9.17, 15) is 18.4 Å². The molecule has 0 spiro atoms. The molecule has 2 N–H and O–H groups in total. The van der Waals surface area contributed by atoms with Gasteiger partial charge in [-0.25, -0.2) is 13.6 Å². The molecule has 7 heteroatoms. The van der Waals surface area contributed by atoms with E-state index in [0.717, 1.165) is 22.8 Å². The third kappa shape index (κ3) is 2.13. The lowest BCUT2D eigenvalue weighted by atomic mass is 9.83. The van der Waals surface area contributed by atoms with E-state index in [2.05, 4.69) is 10.3 Å². The van der Waals surface area contributed by atoms with Crippen molar-refractivity contribution in [2.75, 3.05) is 5.32 Å². The summed E-state index contributed by atoms with van der Waals surface area (Å²) in [6.07, 6.45) is 0.764. The summed E-state index contributed by atoms with van der Waals surface area (Å²) in [4.78, 5) is 26.4. The van der Waals surface area contributed by atoms with Gasteiger partial charge in [-0.05, 0) is 38.0 Å². The second-order valence-electron chi connectivity index (χ2n) is 5.73. The summed E-state index contributed by atoms with van der Waals surface area (Å²) in [7, 11) is 1.39. The van der Waals surface area contributed by atoms with E-state index >= 15 is 0 Å². The monoisotopic (exact) mass is 307 g/mol. The number of hydrogen-bond donors (Lipinski definition) is 2. The van der Waals surface area contributed by atoms with Crippen LogP contribution in [0.1, 0.15) is 24.5 Å². The van der Waals surface area contributed by atoms with Crippen molar-refractivity contribution < 1.29 is 8.78 Å². The highest BCUT2D eigenvalue weighted by Crippen LogP contribution is 2.36. The minimum atomic E-state index is -0.908. The fourth-order valence-corrected chi connectivity index (χ4v) is 2.84. The lowest BCUT2D eigenvalue weighted by Crippen LogP contribution is -2.44. The minimum absolute atomic E-state index is 0.166. The van der Waals surface area contributed by atoms with Crippen LogP contribution in [0.25, 0.3) is 0 Å². The molecule has 0 radical (unpaired) electrons. The zero-order valence-electron chi connectivity index (χ0n) is 12.2. The van der Waals surface area contributed by atoms with Gasteiger partial charge in [-0.3, -0.25) is 14.3 Å². The molecule has 1 aromatic carbocycles. The maximum Gasteiger partial charge on any atom is 0.329 e. The molecule has 1 atom stereocenters. The second kappa shape index (κ2) is 4.79. The number of H-pyrrole nitrogens is 1. The zero-order chi connectivity index (χ0) is 16.1. The zero-order valence-corrected chi connectivity index (χ0v) is 12.2. The molecule has 2 aromatic rings. The fraction of sp³-hybridized carbons (Fsp3) is 0.333. The molecule has 0 amide bonds. The average Bonchev–Trinajstić information content (AvgIpc) is 2.47. The Labute approximate surface area is 124 Å². The van der Waals surface area contributed by atoms with Gasteiger partial charge in [0, 0.05) is 12.6 Å². The highest BCUT2D eigenvalue weighted by atomic mass is 19.1. The summed E-state index contributed by atoms with van der Waals surface area (Å²) in [6.45, 7) is 1.71. The standard InChI is InChI=1S/C15H15F2N3O2/c1-15(10-7-8(16)3-4-11(10)17)6-5-9-12(19-15)18-14(22)20(2)13(9)21/h3-4,7,19H,5-6H2,1-2H3,(H,18,22)/t15-/m1/s1. The number of aromatic nitrogens is 2. The van der Waals surface area contributed by atoms with Crippen LogP contribution in [-0.4, -0.2) is 9.55 Å². The van der Waals surface area contributed by atoms with Crippen LogP contribution < -0.4 is 16.6 Å². The third-order valence-electron chi connectivity index (χ3n) is 4.20. The van der Waals surface area contributed by atoms with Gasteiger partial charge in [-0.1, -0.05) is 0 Å². The van der Waals surface area contributed by atoms with Crippen molar-refractivity contribution in [1.29, 1.82) is 0 Å². The topological polar surface area (TPSA) is 66.9 Å². The van der Waals surface area contributed by atoms with E-state index in [4.69, 9.17) is 0 Å². The SMILES string of the molecule is Cn1c(=O)[nH]c2c(c1=O)CC[C@](C)(c1cc(F)ccc1F)N2. The number of rotatable bonds is 1. The molecule has 1 aliphatic rings. The first-order chi connectivity index (χ1) is 10.3. The largest absolute Gasteiger partial charge is 0.362 e. The number of benzene rings is 1. The summed E-state index contributed by atoms with van der Waals surface area (Å²) in [6, 6.07) is 3.25. The van der Waals surface area contributed by atoms with Crippen LogP contribution in [0, 0.1) is 11.6 Å². The number of aromatic amines is 1. The van der Waals surface area contributed by atoms with E-state index in [-0.39, 0.29) is 16.9 Å². The maximum absolute atomic E-state index is 14.1. The van der Waals surface area contributed by atoms with Gasteiger partial charge in [-0.15, -0.1) is 0 Å². The predicted molar refractivity (Wildman–Crippen MR) is 78.0 cm³/mol. The van der Waals surface area contributed by atoms with E-state index in [1.54, 1.807) is 6.92 Å². The Bertz CT molecular complexity index is 872. The molecule has 3 rings (SSSR count). The molecule has 0 aliphatic carbocycles. The molecule has 0 fully saturated rings. The molecular formula is C15H15F2N3O2. The van der Waals surface area contributed by atoms with Crippen LogP contribution in [0.4, 0.5) is 14.6 Å². The van der Waals surface area contributed by atoms with E-state index in [1.165, 1.54) is 7.05 Å². The highest BCUT2D eigenvalue weighted by molar-refractivity contribution is 5.50. The number of nitrogens with zero attached hydrogens (tertiary/aromatic N) is 1. The van der Waals surface area contributed by atoms with Gasteiger partial charge < -0.3 is 5.32 Å². The number of fused-ring (bicyclic) bond motifs is 1. The molecule has 116 valence electrons. The number of anilines is 1. The first kappa shape index (κ1) is 14.5. The van der Waals surface area contributed by atoms with Crippen molar-refractivity contribution in [2.45, 2.75) is 25.3 Å². The fourth-order valence-electron chi connectivity index (χ4n) is 2.84. The quantitative estimate of drug-likeness (QED) is 0.841. The van der Waals surface area contributed by atoms with E-state index < -0.39 is 22.9 Å². The Morgan fingerprint density at radius 2 is 2.00 bits per heavy atom. The molecule has 0 saturated carbocycles. The Hall–Kier alpha value is -2.44.